The third-order valence-electron chi connectivity index (χ3n) is 6.14. The molecule has 9 heteroatoms. The van der Waals surface area contributed by atoms with E-state index in [1.54, 1.807) is 11.3 Å². The Kier molecular flexibility index (Phi) is 11.2. The van der Waals surface area contributed by atoms with Crippen LogP contribution in [-0.4, -0.2) is 91.0 Å². The zero-order valence-electron chi connectivity index (χ0n) is 20.2. The molecule has 2 aliphatic rings. The molecule has 0 unspecified atom stereocenters. The molecule has 0 aromatic carbocycles. The normalized spacial score (nSPS) is 18.8. The van der Waals surface area contributed by atoms with Crippen LogP contribution in [0.15, 0.2) is 10.4 Å². The highest BCUT2D eigenvalue weighted by Crippen LogP contribution is 2.23. The van der Waals surface area contributed by atoms with Crippen LogP contribution in [0.4, 0.5) is 0 Å². The summed E-state index contributed by atoms with van der Waals surface area (Å²) in [5.41, 5.74) is 1.27. The summed E-state index contributed by atoms with van der Waals surface area (Å²) in [6.45, 7) is 13.5. The van der Waals surface area contributed by atoms with Gasteiger partial charge >= 0.3 is 0 Å². The Bertz CT molecular complexity index is 731. The number of aliphatic imine (C=N–C) groups is 1. The minimum absolute atomic E-state index is 0. The molecule has 2 fully saturated rings. The van der Waals surface area contributed by atoms with Gasteiger partial charge in [-0.2, -0.15) is 0 Å². The number of carbonyl (C=O) groups is 1. The van der Waals surface area contributed by atoms with E-state index in [1.165, 1.54) is 23.5 Å². The van der Waals surface area contributed by atoms with Crippen molar-refractivity contribution < 1.29 is 4.79 Å². The van der Waals surface area contributed by atoms with Gasteiger partial charge in [0, 0.05) is 70.1 Å². The van der Waals surface area contributed by atoms with Gasteiger partial charge in [0.15, 0.2) is 5.96 Å². The van der Waals surface area contributed by atoms with E-state index in [4.69, 9.17) is 4.98 Å². The number of guanidine groups is 1. The molecule has 1 N–H and O–H groups in total. The van der Waals surface area contributed by atoms with Gasteiger partial charge in [0.2, 0.25) is 5.91 Å². The van der Waals surface area contributed by atoms with Crippen molar-refractivity contribution in [1.29, 1.82) is 0 Å². The number of carbonyl (C=O) groups excluding carboxylic acids is 1. The summed E-state index contributed by atoms with van der Waals surface area (Å²) in [5, 5.41) is 6.85. The molecule has 0 bridgehead atoms. The lowest BCUT2D eigenvalue weighted by Gasteiger charge is -2.37. The smallest absolute Gasteiger partial charge is 0.236 e. The zero-order chi connectivity index (χ0) is 22.3. The first-order valence-corrected chi connectivity index (χ1v) is 12.7. The number of halogens is 1. The highest BCUT2D eigenvalue weighted by Gasteiger charge is 2.24. The fraction of sp³-hybridized carbons (Fsp3) is 0.783. The Morgan fingerprint density at radius 2 is 1.72 bits per heavy atom. The Morgan fingerprint density at radius 1 is 1.06 bits per heavy atom. The standard InChI is InChI=1S/C23H40N6OS.HI/c1-23(2,3)19-18-31-20(26-19)9-10-25-22(24-4)29-15-13-27(14-16-29)17-21(30)28-11-7-5-6-8-12-28;/h18H,5-17H2,1-4H3,(H,24,25);1H. The summed E-state index contributed by atoms with van der Waals surface area (Å²) >= 11 is 1.74. The van der Waals surface area contributed by atoms with Crippen molar-refractivity contribution >= 4 is 47.2 Å². The Morgan fingerprint density at radius 3 is 2.28 bits per heavy atom. The van der Waals surface area contributed by atoms with Gasteiger partial charge in [0.05, 0.1) is 17.2 Å². The number of rotatable bonds is 5. The molecule has 1 aromatic rings. The third kappa shape index (κ3) is 8.13. The monoisotopic (exact) mass is 576 g/mol. The number of hydrogen-bond acceptors (Lipinski definition) is 5. The van der Waals surface area contributed by atoms with E-state index in [1.807, 2.05) is 7.05 Å². The van der Waals surface area contributed by atoms with E-state index in [2.05, 4.69) is 51.2 Å². The number of thiazole rings is 1. The van der Waals surface area contributed by atoms with Crippen molar-refractivity contribution in [2.75, 3.05) is 59.4 Å². The minimum Gasteiger partial charge on any atom is -0.356 e. The molecule has 0 atom stereocenters. The van der Waals surface area contributed by atoms with Crippen molar-refractivity contribution in [3.63, 3.8) is 0 Å². The van der Waals surface area contributed by atoms with E-state index in [0.29, 0.717) is 12.5 Å². The minimum atomic E-state index is 0. The lowest BCUT2D eigenvalue weighted by Crippen LogP contribution is -2.54. The van der Waals surface area contributed by atoms with Crippen LogP contribution in [0.2, 0.25) is 0 Å². The Balaban J connectivity index is 0.00000363. The molecule has 0 spiro atoms. The number of aromatic nitrogens is 1. The lowest BCUT2D eigenvalue weighted by atomic mass is 9.93. The average molecular weight is 577 g/mol. The van der Waals surface area contributed by atoms with Crippen LogP contribution in [-0.2, 0) is 16.6 Å². The van der Waals surface area contributed by atoms with Gasteiger partial charge in [-0.05, 0) is 12.8 Å². The predicted molar refractivity (Wildman–Crippen MR) is 144 cm³/mol. The van der Waals surface area contributed by atoms with Crippen LogP contribution in [0.5, 0.6) is 0 Å². The number of nitrogens with zero attached hydrogens (tertiary/aromatic N) is 5. The second kappa shape index (κ2) is 13.1. The van der Waals surface area contributed by atoms with Crippen LogP contribution in [0.1, 0.15) is 57.2 Å². The van der Waals surface area contributed by atoms with Crippen molar-refractivity contribution in [1.82, 2.24) is 25.0 Å². The molecule has 2 aliphatic heterocycles. The van der Waals surface area contributed by atoms with Crippen molar-refractivity contribution in [3.05, 3.63) is 16.1 Å². The number of nitrogens with one attached hydrogen (secondary N) is 1. The van der Waals surface area contributed by atoms with Crippen molar-refractivity contribution in [2.24, 2.45) is 4.99 Å². The number of hydrogen-bond donors (Lipinski definition) is 1. The van der Waals surface area contributed by atoms with E-state index in [-0.39, 0.29) is 29.4 Å². The van der Waals surface area contributed by atoms with Crippen molar-refractivity contribution in [2.45, 2.75) is 58.3 Å². The lowest BCUT2D eigenvalue weighted by molar-refractivity contribution is -0.132. The molecule has 0 aliphatic carbocycles. The molecule has 1 amide bonds. The third-order valence-corrected chi connectivity index (χ3v) is 7.05. The second-order valence-corrected chi connectivity index (χ2v) is 10.6. The van der Waals surface area contributed by atoms with Crippen LogP contribution < -0.4 is 5.32 Å². The molecule has 3 rings (SSSR count). The molecule has 0 saturated carbocycles. The molecular weight excluding hydrogens is 535 g/mol. The van der Waals surface area contributed by atoms with Gasteiger partial charge in [-0.25, -0.2) is 4.98 Å². The molecule has 2 saturated heterocycles. The summed E-state index contributed by atoms with van der Waals surface area (Å²) in [4.78, 5) is 28.6. The summed E-state index contributed by atoms with van der Waals surface area (Å²) in [6, 6.07) is 0. The van der Waals surface area contributed by atoms with Gasteiger partial charge in [-0.3, -0.25) is 14.7 Å². The van der Waals surface area contributed by atoms with E-state index >= 15 is 0 Å². The summed E-state index contributed by atoms with van der Waals surface area (Å²) in [6.07, 6.45) is 5.73. The van der Waals surface area contributed by atoms with Crippen molar-refractivity contribution in [3.8, 4) is 0 Å². The quantitative estimate of drug-likeness (QED) is 0.332. The van der Waals surface area contributed by atoms with Crippen LogP contribution >= 0.6 is 35.3 Å². The summed E-state index contributed by atoms with van der Waals surface area (Å²) in [5.74, 6) is 1.25. The fourth-order valence-electron chi connectivity index (χ4n) is 4.11. The molecule has 3 heterocycles. The van der Waals surface area contributed by atoms with Gasteiger partial charge in [0.25, 0.3) is 0 Å². The fourth-order valence-corrected chi connectivity index (χ4v) is 5.14. The molecule has 0 radical (unpaired) electrons. The summed E-state index contributed by atoms with van der Waals surface area (Å²) in [7, 11) is 1.85. The van der Waals surface area contributed by atoms with Gasteiger partial charge in [-0.15, -0.1) is 35.3 Å². The first-order chi connectivity index (χ1) is 14.9. The van der Waals surface area contributed by atoms with Gasteiger partial charge in [-0.1, -0.05) is 33.6 Å². The number of amides is 1. The Hall–Kier alpha value is -0.940. The number of piperazine rings is 1. The van der Waals surface area contributed by atoms with Gasteiger partial charge < -0.3 is 15.1 Å². The summed E-state index contributed by atoms with van der Waals surface area (Å²) < 4.78 is 0. The number of likely N-dealkylation sites (tertiary alicyclic amines) is 1. The highest BCUT2D eigenvalue weighted by atomic mass is 127. The molecule has 32 heavy (non-hydrogen) atoms. The second-order valence-electron chi connectivity index (χ2n) is 9.66. The maximum Gasteiger partial charge on any atom is 0.236 e. The molecule has 182 valence electrons. The van der Waals surface area contributed by atoms with E-state index < -0.39 is 0 Å². The molecule has 7 nitrogen and oxygen atoms in total. The molecule has 1 aromatic heterocycles. The van der Waals surface area contributed by atoms with Crippen LogP contribution in [0.25, 0.3) is 0 Å². The average Bonchev–Trinajstić information content (AvgIpc) is 3.06. The Labute approximate surface area is 215 Å². The SMILES string of the molecule is CN=C(NCCc1nc(C(C)(C)C)cs1)N1CCN(CC(=O)N2CCCCCC2)CC1.I. The maximum absolute atomic E-state index is 12.7. The largest absolute Gasteiger partial charge is 0.356 e. The molecular formula is C23H41IN6OS. The predicted octanol–water partition coefficient (Wildman–Crippen LogP) is 3.20. The zero-order valence-corrected chi connectivity index (χ0v) is 23.4. The first kappa shape index (κ1) is 27.3. The van der Waals surface area contributed by atoms with E-state index in [0.717, 1.165) is 71.0 Å². The highest BCUT2D eigenvalue weighted by molar-refractivity contribution is 14.0. The topological polar surface area (TPSA) is 64.1 Å². The van der Waals surface area contributed by atoms with E-state index in [9.17, 15) is 4.79 Å². The van der Waals surface area contributed by atoms with Crippen LogP contribution in [0.3, 0.4) is 0 Å². The van der Waals surface area contributed by atoms with Gasteiger partial charge in [0.1, 0.15) is 0 Å². The first-order valence-electron chi connectivity index (χ1n) is 11.8. The van der Waals surface area contributed by atoms with Crippen LogP contribution in [0, 0.1) is 0 Å². The maximum atomic E-state index is 12.7.